The highest BCUT2D eigenvalue weighted by Gasteiger charge is 2.64. The normalized spacial score (nSPS) is 17.7. The zero-order valence-corrected chi connectivity index (χ0v) is 6.89. The maximum atomic E-state index is 12.6. The van der Waals surface area contributed by atoms with Gasteiger partial charge in [-0.2, -0.15) is 17.6 Å². The molecule has 0 rings (SSSR count). The molecule has 0 spiro atoms. The highest BCUT2D eigenvalue weighted by Crippen LogP contribution is 2.45. The van der Waals surface area contributed by atoms with Gasteiger partial charge in [-0.3, -0.25) is 0 Å². The zero-order valence-electron chi connectivity index (χ0n) is 6.14. The van der Waals surface area contributed by atoms with Crippen LogP contribution in [0.25, 0.3) is 0 Å². The van der Waals surface area contributed by atoms with E-state index in [0.29, 0.717) is 0 Å². The lowest BCUT2D eigenvalue weighted by Gasteiger charge is -2.27. The van der Waals surface area contributed by atoms with Crippen molar-refractivity contribution < 1.29 is 35.5 Å². The molecule has 14 heavy (non-hydrogen) atoms. The van der Waals surface area contributed by atoms with Crippen molar-refractivity contribution >= 4 is 11.6 Å². The van der Waals surface area contributed by atoms with Gasteiger partial charge in [-0.15, -0.1) is 13.2 Å². The van der Waals surface area contributed by atoms with Crippen molar-refractivity contribution in [2.24, 2.45) is 0 Å². The first-order valence-electron chi connectivity index (χ1n) is 2.77. The van der Waals surface area contributed by atoms with E-state index in [4.69, 9.17) is 0 Å². The van der Waals surface area contributed by atoms with Gasteiger partial charge in [0.05, 0.1) is 5.03 Å². The lowest BCUT2D eigenvalue weighted by Crippen LogP contribution is -2.47. The number of ether oxygens (including phenoxy) is 1. The van der Waals surface area contributed by atoms with E-state index in [0.717, 1.165) is 0 Å². The number of hydrogen-bond donors (Lipinski definition) is 0. The number of alkyl halides is 7. The van der Waals surface area contributed by atoms with Gasteiger partial charge in [0, 0.05) is 0 Å². The molecule has 0 amide bonds. The molecular formula is C5H2ClF7O. The van der Waals surface area contributed by atoms with Crippen LogP contribution < -0.4 is 0 Å². The third-order valence-corrected chi connectivity index (χ3v) is 1.21. The van der Waals surface area contributed by atoms with E-state index in [1.807, 2.05) is 0 Å². The van der Waals surface area contributed by atoms with Gasteiger partial charge in [-0.1, -0.05) is 18.2 Å². The molecule has 0 N–H and O–H groups in total. The maximum Gasteiger partial charge on any atom is 0.525 e. The predicted molar refractivity (Wildman–Crippen MR) is 32.0 cm³/mol. The predicted octanol–water partition coefficient (Wildman–Crippen LogP) is 3.50. The van der Waals surface area contributed by atoms with Crippen molar-refractivity contribution in [2.45, 2.75) is 18.4 Å². The van der Waals surface area contributed by atoms with Crippen LogP contribution in [0.2, 0.25) is 0 Å². The average Bonchev–Trinajstić information content (AvgIpc) is 1.79. The van der Waals surface area contributed by atoms with E-state index in [1.54, 1.807) is 0 Å². The van der Waals surface area contributed by atoms with Gasteiger partial charge in [-0.25, -0.2) is 4.74 Å². The molecule has 0 saturated carbocycles. The molecule has 0 fully saturated rings. The monoisotopic (exact) mass is 246 g/mol. The number of rotatable bonds is 2. The summed E-state index contributed by atoms with van der Waals surface area (Å²) in [7, 11) is 0. The van der Waals surface area contributed by atoms with E-state index < -0.39 is 23.4 Å². The van der Waals surface area contributed by atoms with Crippen LogP contribution in [-0.4, -0.2) is 18.4 Å². The van der Waals surface area contributed by atoms with Gasteiger partial charge < -0.3 is 0 Å². The standard InChI is InChI=1S/C5H2ClF7O/c1-2(6)3(7,4(8,9)10)14-5(11,12)13/h1H2. The third-order valence-electron chi connectivity index (χ3n) is 0.970. The van der Waals surface area contributed by atoms with Crippen molar-refractivity contribution in [1.82, 2.24) is 0 Å². The molecule has 1 unspecified atom stereocenters. The molecule has 0 aliphatic carbocycles. The van der Waals surface area contributed by atoms with Gasteiger partial charge in [0.2, 0.25) is 0 Å². The van der Waals surface area contributed by atoms with E-state index in [-0.39, 0.29) is 0 Å². The van der Waals surface area contributed by atoms with E-state index >= 15 is 0 Å². The summed E-state index contributed by atoms with van der Waals surface area (Å²) in [5, 5.41) is -1.96. The Morgan fingerprint density at radius 2 is 1.36 bits per heavy atom. The fraction of sp³-hybridized carbons (Fsp3) is 0.600. The summed E-state index contributed by atoms with van der Waals surface area (Å²) in [4.78, 5) is 0. The molecule has 0 aromatic carbocycles. The second kappa shape index (κ2) is 3.58. The number of hydrogen-bond acceptors (Lipinski definition) is 1. The van der Waals surface area contributed by atoms with E-state index in [9.17, 15) is 30.7 Å². The lowest BCUT2D eigenvalue weighted by molar-refractivity contribution is -0.433. The molecule has 0 aliphatic rings. The van der Waals surface area contributed by atoms with Gasteiger partial charge in [0.1, 0.15) is 0 Å². The summed E-state index contributed by atoms with van der Waals surface area (Å²) in [5.41, 5.74) is 0. The summed E-state index contributed by atoms with van der Waals surface area (Å²) in [6.45, 7) is 2.22. The minimum atomic E-state index is -5.96. The Bertz CT molecular complexity index is 231. The smallest absolute Gasteiger partial charge is 0.241 e. The quantitative estimate of drug-likeness (QED) is 0.678. The average molecular weight is 247 g/mol. The highest BCUT2D eigenvalue weighted by atomic mass is 35.5. The van der Waals surface area contributed by atoms with E-state index in [2.05, 4.69) is 22.9 Å². The Kier molecular flexibility index (Phi) is 3.45. The Labute approximate surface area is 78.1 Å². The van der Waals surface area contributed by atoms with Crippen LogP contribution in [0.3, 0.4) is 0 Å². The SMILES string of the molecule is C=C(Cl)C(F)(OC(F)(F)F)C(F)(F)F. The minimum absolute atomic E-state index is 1.96. The molecule has 0 aromatic rings. The third kappa shape index (κ3) is 3.02. The Morgan fingerprint density at radius 3 is 1.43 bits per heavy atom. The summed E-state index contributed by atoms with van der Waals surface area (Å²) in [5.74, 6) is -5.13. The first-order valence-corrected chi connectivity index (χ1v) is 3.15. The van der Waals surface area contributed by atoms with Crippen molar-refractivity contribution in [1.29, 1.82) is 0 Å². The summed E-state index contributed by atoms with van der Waals surface area (Å²) < 4.78 is 84.2. The van der Waals surface area contributed by atoms with Gasteiger partial charge in [0.15, 0.2) is 0 Å². The molecular weight excluding hydrogens is 244 g/mol. The van der Waals surface area contributed by atoms with E-state index in [1.165, 1.54) is 0 Å². The summed E-state index contributed by atoms with van der Waals surface area (Å²) >= 11 is 4.46. The molecule has 0 aromatic heterocycles. The highest BCUT2D eigenvalue weighted by molar-refractivity contribution is 6.30. The fourth-order valence-electron chi connectivity index (χ4n) is 0.426. The van der Waals surface area contributed by atoms with Crippen molar-refractivity contribution in [3.63, 3.8) is 0 Å². The van der Waals surface area contributed by atoms with Gasteiger partial charge in [0.25, 0.3) is 0 Å². The van der Waals surface area contributed by atoms with Crippen molar-refractivity contribution in [3.05, 3.63) is 11.6 Å². The number of halogens is 8. The van der Waals surface area contributed by atoms with Gasteiger partial charge >= 0.3 is 18.4 Å². The van der Waals surface area contributed by atoms with Crippen LogP contribution >= 0.6 is 11.6 Å². The van der Waals surface area contributed by atoms with Crippen LogP contribution in [0.5, 0.6) is 0 Å². The second-order valence-electron chi connectivity index (χ2n) is 2.05. The van der Waals surface area contributed by atoms with Crippen LogP contribution in [-0.2, 0) is 4.74 Å². The largest absolute Gasteiger partial charge is 0.525 e. The molecule has 0 radical (unpaired) electrons. The van der Waals surface area contributed by atoms with Crippen LogP contribution in [0.15, 0.2) is 11.6 Å². The Morgan fingerprint density at radius 1 is 1.00 bits per heavy atom. The second-order valence-corrected chi connectivity index (χ2v) is 2.50. The zero-order chi connectivity index (χ0) is 11.8. The van der Waals surface area contributed by atoms with Crippen LogP contribution in [0.4, 0.5) is 30.7 Å². The fourth-order valence-corrected chi connectivity index (χ4v) is 0.572. The van der Waals surface area contributed by atoms with Gasteiger partial charge in [-0.05, 0) is 0 Å². The summed E-state index contributed by atoms with van der Waals surface area (Å²) in [6, 6.07) is 0. The molecule has 1 nitrogen and oxygen atoms in total. The molecule has 0 bridgehead atoms. The molecule has 0 heterocycles. The molecule has 1 atom stereocenters. The van der Waals surface area contributed by atoms with Crippen molar-refractivity contribution in [3.8, 4) is 0 Å². The first-order chi connectivity index (χ1) is 5.90. The van der Waals surface area contributed by atoms with Crippen LogP contribution in [0.1, 0.15) is 0 Å². The minimum Gasteiger partial charge on any atom is -0.241 e. The molecule has 84 valence electrons. The Hall–Kier alpha value is -0.500. The first kappa shape index (κ1) is 13.5. The lowest BCUT2D eigenvalue weighted by atomic mass is 10.3. The molecule has 9 heteroatoms. The van der Waals surface area contributed by atoms with Crippen LogP contribution in [0, 0.1) is 0 Å². The molecule has 0 saturated heterocycles. The summed E-state index contributed by atoms with van der Waals surface area (Å²) in [6.07, 6.45) is -11.8. The maximum absolute atomic E-state index is 12.6. The Balaban J connectivity index is 5.04. The molecule has 0 aliphatic heterocycles. The topological polar surface area (TPSA) is 9.23 Å². The van der Waals surface area contributed by atoms with Crippen molar-refractivity contribution in [2.75, 3.05) is 0 Å².